The summed E-state index contributed by atoms with van der Waals surface area (Å²) in [5, 5.41) is 7.64. The van der Waals surface area contributed by atoms with Crippen LogP contribution in [0.5, 0.6) is 0 Å². The predicted octanol–water partition coefficient (Wildman–Crippen LogP) is 3.07. The third kappa shape index (κ3) is 2.68. The quantitative estimate of drug-likeness (QED) is 0.916. The van der Waals surface area contributed by atoms with Crippen molar-refractivity contribution in [3.8, 4) is 11.1 Å². The molecule has 2 rings (SSSR count). The van der Waals surface area contributed by atoms with E-state index in [1.54, 1.807) is 10.7 Å². The van der Waals surface area contributed by atoms with Crippen LogP contribution in [0.15, 0.2) is 24.4 Å². The van der Waals surface area contributed by atoms with Crippen LogP contribution in [0.3, 0.4) is 0 Å². The molecule has 102 valence electrons. The standard InChI is InChI=1S/C15H20FN3/c1-5-15-14(9-19(4)18-15)13-8-11(16)6-7-12(13)10(2)17-3/h6-10,17H,5H2,1-4H3. The van der Waals surface area contributed by atoms with Gasteiger partial charge in [-0.2, -0.15) is 5.10 Å². The van der Waals surface area contributed by atoms with Gasteiger partial charge in [-0.1, -0.05) is 13.0 Å². The van der Waals surface area contributed by atoms with E-state index in [1.165, 1.54) is 6.07 Å². The number of aromatic nitrogens is 2. The summed E-state index contributed by atoms with van der Waals surface area (Å²) in [6, 6.07) is 5.12. The SMILES string of the molecule is CCc1nn(C)cc1-c1cc(F)ccc1C(C)NC. The fourth-order valence-corrected chi connectivity index (χ4v) is 2.32. The molecule has 0 fully saturated rings. The van der Waals surface area contributed by atoms with Crippen LogP contribution in [-0.2, 0) is 13.5 Å². The zero-order chi connectivity index (χ0) is 14.0. The lowest BCUT2D eigenvalue weighted by atomic mass is 9.95. The highest BCUT2D eigenvalue weighted by molar-refractivity contribution is 5.69. The second-order valence-electron chi connectivity index (χ2n) is 4.76. The molecule has 0 saturated heterocycles. The van der Waals surface area contributed by atoms with Crippen molar-refractivity contribution in [3.63, 3.8) is 0 Å². The number of hydrogen-bond donors (Lipinski definition) is 1. The van der Waals surface area contributed by atoms with Crippen molar-refractivity contribution >= 4 is 0 Å². The van der Waals surface area contributed by atoms with E-state index in [0.717, 1.165) is 28.8 Å². The van der Waals surface area contributed by atoms with E-state index in [4.69, 9.17) is 0 Å². The van der Waals surface area contributed by atoms with Crippen molar-refractivity contribution in [1.82, 2.24) is 15.1 Å². The van der Waals surface area contributed by atoms with Gasteiger partial charge in [0.1, 0.15) is 5.82 Å². The van der Waals surface area contributed by atoms with E-state index in [9.17, 15) is 4.39 Å². The van der Waals surface area contributed by atoms with Crippen molar-refractivity contribution in [3.05, 3.63) is 41.5 Å². The zero-order valence-electron chi connectivity index (χ0n) is 11.9. The van der Waals surface area contributed by atoms with Crippen LogP contribution in [-0.4, -0.2) is 16.8 Å². The summed E-state index contributed by atoms with van der Waals surface area (Å²) in [6.45, 7) is 4.13. The first kappa shape index (κ1) is 13.7. The summed E-state index contributed by atoms with van der Waals surface area (Å²) >= 11 is 0. The Balaban J connectivity index is 2.62. The Morgan fingerprint density at radius 1 is 1.37 bits per heavy atom. The van der Waals surface area contributed by atoms with E-state index in [2.05, 4.69) is 24.3 Å². The van der Waals surface area contributed by atoms with E-state index < -0.39 is 0 Å². The van der Waals surface area contributed by atoms with Gasteiger partial charge in [0, 0.05) is 24.8 Å². The van der Waals surface area contributed by atoms with Crippen molar-refractivity contribution in [2.24, 2.45) is 7.05 Å². The van der Waals surface area contributed by atoms with Crippen LogP contribution in [0.1, 0.15) is 31.1 Å². The Bertz CT molecular complexity index is 575. The molecule has 3 nitrogen and oxygen atoms in total. The molecule has 1 unspecified atom stereocenters. The van der Waals surface area contributed by atoms with Crippen LogP contribution in [0.2, 0.25) is 0 Å². The van der Waals surface area contributed by atoms with Gasteiger partial charge in [0.2, 0.25) is 0 Å². The molecule has 1 atom stereocenters. The Hall–Kier alpha value is -1.68. The van der Waals surface area contributed by atoms with E-state index in [1.807, 2.05) is 26.4 Å². The number of rotatable bonds is 4. The maximum Gasteiger partial charge on any atom is 0.123 e. The number of halogens is 1. The van der Waals surface area contributed by atoms with Crippen LogP contribution in [0.25, 0.3) is 11.1 Å². The Morgan fingerprint density at radius 2 is 2.11 bits per heavy atom. The molecule has 1 aromatic carbocycles. The number of nitrogens with zero attached hydrogens (tertiary/aromatic N) is 2. The number of hydrogen-bond acceptors (Lipinski definition) is 2. The summed E-state index contributed by atoms with van der Waals surface area (Å²) in [5.74, 6) is -0.215. The van der Waals surface area contributed by atoms with Gasteiger partial charge in [-0.3, -0.25) is 4.68 Å². The molecule has 0 spiro atoms. The molecular weight excluding hydrogens is 241 g/mol. The molecule has 0 bridgehead atoms. The van der Waals surface area contributed by atoms with Crippen molar-refractivity contribution in [2.75, 3.05) is 7.05 Å². The molecule has 0 aliphatic heterocycles. The topological polar surface area (TPSA) is 29.9 Å². The van der Waals surface area contributed by atoms with Crippen molar-refractivity contribution in [2.45, 2.75) is 26.3 Å². The first-order chi connectivity index (χ1) is 9.06. The van der Waals surface area contributed by atoms with Gasteiger partial charge in [-0.25, -0.2) is 4.39 Å². The van der Waals surface area contributed by atoms with Gasteiger partial charge in [-0.05, 0) is 43.7 Å². The summed E-state index contributed by atoms with van der Waals surface area (Å²) in [6.07, 6.45) is 2.79. The normalized spacial score (nSPS) is 12.7. The fourth-order valence-electron chi connectivity index (χ4n) is 2.32. The highest BCUT2D eigenvalue weighted by Gasteiger charge is 2.16. The maximum absolute atomic E-state index is 13.6. The van der Waals surface area contributed by atoms with Crippen molar-refractivity contribution in [1.29, 1.82) is 0 Å². The van der Waals surface area contributed by atoms with Gasteiger partial charge < -0.3 is 5.32 Å². The highest BCUT2D eigenvalue weighted by atomic mass is 19.1. The molecule has 0 radical (unpaired) electrons. The summed E-state index contributed by atoms with van der Waals surface area (Å²) in [7, 11) is 3.80. The minimum Gasteiger partial charge on any atom is -0.313 e. The van der Waals surface area contributed by atoms with Crippen LogP contribution in [0, 0.1) is 5.82 Å². The maximum atomic E-state index is 13.6. The van der Waals surface area contributed by atoms with Crippen LogP contribution in [0.4, 0.5) is 4.39 Å². The summed E-state index contributed by atoms with van der Waals surface area (Å²) in [5.41, 5.74) is 4.03. The first-order valence-corrected chi connectivity index (χ1v) is 6.56. The van der Waals surface area contributed by atoms with Gasteiger partial charge in [0.15, 0.2) is 0 Å². The molecule has 19 heavy (non-hydrogen) atoms. The molecule has 1 aromatic heterocycles. The molecule has 1 N–H and O–H groups in total. The average Bonchev–Trinajstić information content (AvgIpc) is 2.79. The summed E-state index contributed by atoms with van der Waals surface area (Å²) < 4.78 is 15.4. The smallest absolute Gasteiger partial charge is 0.123 e. The predicted molar refractivity (Wildman–Crippen MR) is 75.5 cm³/mol. The Labute approximate surface area is 113 Å². The lowest BCUT2D eigenvalue weighted by molar-refractivity contribution is 0.620. The minimum absolute atomic E-state index is 0.167. The largest absolute Gasteiger partial charge is 0.313 e. The lowest BCUT2D eigenvalue weighted by Gasteiger charge is -2.16. The van der Waals surface area contributed by atoms with Gasteiger partial charge in [0.05, 0.1) is 5.69 Å². The van der Waals surface area contributed by atoms with Gasteiger partial charge >= 0.3 is 0 Å². The second-order valence-corrected chi connectivity index (χ2v) is 4.76. The molecule has 1 heterocycles. The minimum atomic E-state index is -0.215. The van der Waals surface area contributed by atoms with Crippen LogP contribution >= 0.6 is 0 Å². The molecule has 0 aliphatic rings. The molecule has 0 amide bonds. The van der Waals surface area contributed by atoms with Gasteiger partial charge in [0.25, 0.3) is 0 Å². The molecular formula is C15H20FN3. The molecule has 2 aromatic rings. The Kier molecular flexibility index (Phi) is 4.00. The van der Waals surface area contributed by atoms with E-state index in [-0.39, 0.29) is 11.9 Å². The molecule has 0 aliphatic carbocycles. The van der Waals surface area contributed by atoms with E-state index in [0.29, 0.717) is 0 Å². The monoisotopic (exact) mass is 261 g/mol. The second kappa shape index (κ2) is 5.53. The molecule has 4 heteroatoms. The van der Waals surface area contributed by atoms with Crippen molar-refractivity contribution < 1.29 is 4.39 Å². The highest BCUT2D eigenvalue weighted by Crippen LogP contribution is 2.31. The number of nitrogens with one attached hydrogen (secondary N) is 1. The lowest BCUT2D eigenvalue weighted by Crippen LogP contribution is -2.13. The number of aryl methyl sites for hydroxylation is 2. The number of benzene rings is 1. The van der Waals surface area contributed by atoms with Crippen LogP contribution < -0.4 is 5.32 Å². The fraction of sp³-hybridized carbons (Fsp3) is 0.400. The average molecular weight is 261 g/mol. The zero-order valence-corrected chi connectivity index (χ0v) is 11.9. The van der Waals surface area contributed by atoms with E-state index >= 15 is 0 Å². The summed E-state index contributed by atoms with van der Waals surface area (Å²) in [4.78, 5) is 0. The Morgan fingerprint density at radius 3 is 2.74 bits per heavy atom. The first-order valence-electron chi connectivity index (χ1n) is 6.56. The third-order valence-electron chi connectivity index (χ3n) is 3.45. The third-order valence-corrected chi connectivity index (χ3v) is 3.45. The molecule has 0 saturated carbocycles. The van der Waals surface area contributed by atoms with Gasteiger partial charge in [-0.15, -0.1) is 0 Å².